The lowest BCUT2D eigenvalue weighted by molar-refractivity contribution is -0.119. The smallest absolute Gasteiger partial charge is 0.230 e. The normalized spacial score (nSPS) is 12.1. The minimum Gasteiger partial charge on any atom is -0.497 e. The third kappa shape index (κ3) is 4.45. The van der Waals surface area contributed by atoms with Gasteiger partial charge in [-0.05, 0) is 43.2 Å². The molecule has 5 nitrogen and oxygen atoms in total. The predicted octanol–water partition coefficient (Wildman–Crippen LogP) is 4.42. The van der Waals surface area contributed by atoms with E-state index in [-0.39, 0.29) is 11.9 Å². The fourth-order valence-corrected chi connectivity index (χ4v) is 3.98. The molecule has 1 atom stereocenters. The van der Waals surface area contributed by atoms with Gasteiger partial charge in [0.25, 0.3) is 0 Å². The average molecular weight is 384 g/mol. The van der Waals surface area contributed by atoms with Crippen LogP contribution in [0.15, 0.2) is 53.7 Å². The average Bonchev–Trinajstić information content (AvgIpc) is 3.08. The van der Waals surface area contributed by atoms with Crippen LogP contribution in [0, 0.1) is 0 Å². The number of hydrogen-bond donors (Lipinski definition) is 1. The molecule has 1 heterocycles. The van der Waals surface area contributed by atoms with Crippen LogP contribution in [0.2, 0.25) is 0 Å². The van der Waals surface area contributed by atoms with Gasteiger partial charge in [0.15, 0.2) is 5.16 Å². The van der Waals surface area contributed by atoms with Crippen molar-refractivity contribution in [2.75, 3.05) is 12.9 Å². The van der Waals surface area contributed by atoms with Gasteiger partial charge >= 0.3 is 0 Å². The number of fused-ring (bicyclic) bond motifs is 1. The molecule has 0 radical (unpaired) electrons. The number of methoxy groups -OCH3 is 1. The molecule has 27 heavy (non-hydrogen) atoms. The van der Waals surface area contributed by atoms with Gasteiger partial charge < -0.3 is 14.6 Å². The van der Waals surface area contributed by atoms with Crippen molar-refractivity contribution in [3.05, 3.63) is 54.1 Å². The van der Waals surface area contributed by atoms with Crippen molar-refractivity contribution < 1.29 is 9.53 Å². The maximum Gasteiger partial charge on any atom is 0.230 e. The highest BCUT2D eigenvalue weighted by Crippen LogP contribution is 2.25. The molecule has 0 saturated carbocycles. The molecule has 1 amide bonds. The zero-order valence-electron chi connectivity index (χ0n) is 15.9. The quantitative estimate of drug-likeness (QED) is 0.585. The van der Waals surface area contributed by atoms with Crippen molar-refractivity contribution in [2.45, 2.75) is 38.0 Å². The summed E-state index contributed by atoms with van der Waals surface area (Å²) in [5, 5.41) is 4.01. The fraction of sp³-hybridized carbons (Fsp3) is 0.333. The first-order valence-electron chi connectivity index (χ1n) is 9.17. The van der Waals surface area contributed by atoms with E-state index in [1.165, 1.54) is 11.8 Å². The molecule has 3 aromatic rings. The SMILES string of the molecule is CCC(NC(=O)CSc1nc2ccccc2n1CC)c1ccc(OC)cc1. The molecule has 0 aliphatic heterocycles. The third-order valence-electron chi connectivity index (χ3n) is 4.53. The summed E-state index contributed by atoms with van der Waals surface area (Å²) in [6.07, 6.45) is 0.830. The number of nitrogens with zero attached hydrogens (tertiary/aromatic N) is 2. The van der Waals surface area contributed by atoms with E-state index in [2.05, 4.69) is 34.8 Å². The van der Waals surface area contributed by atoms with E-state index in [1.54, 1.807) is 7.11 Å². The molecule has 0 aliphatic rings. The van der Waals surface area contributed by atoms with Crippen molar-refractivity contribution >= 4 is 28.7 Å². The molecule has 142 valence electrons. The summed E-state index contributed by atoms with van der Waals surface area (Å²) in [7, 11) is 1.65. The maximum atomic E-state index is 12.5. The van der Waals surface area contributed by atoms with Crippen LogP contribution in [0.5, 0.6) is 5.75 Å². The van der Waals surface area contributed by atoms with E-state index < -0.39 is 0 Å². The number of nitrogens with one attached hydrogen (secondary N) is 1. The molecule has 0 spiro atoms. The first-order chi connectivity index (χ1) is 13.2. The number of benzene rings is 2. The summed E-state index contributed by atoms with van der Waals surface area (Å²) in [6.45, 7) is 4.99. The van der Waals surface area contributed by atoms with Crippen molar-refractivity contribution in [2.24, 2.45) is 0 Å². The van der Waals surface area contributed by atoms with Crippen molar-refractivity contribution in [1.82, 2.24) is 14.9 Å². The molecular formula is C21H25N3O2S. The monoisotopic (exact) mass is 383 g/mol. The van der Waals surface area contributed by atoms with E-state index in [4.69, 9.17) is 4.74 Å². The van der Waals surface area contributed by atoms with Crippen LogP contribution in [-0.2, 0) is 11.3 Å². The van der Waals surface area contributed by atoms with Gasteiger partial charge in [0.1, 0.15) is 5.75 Å². The number of rotatable bonds is 8. The maximum absolute atomic E-state index is 12.5. The van der Waals surface area contributed by atoms with Gasteiger partial charge in [-0.2, -0.15) is 0 Å². The highest BCUT2D eigenvalue weighted by atomic mass is 32.2. The number of ether oxygens (including phenoxy) is 1. The Balaban J connectivity index is 1.64. The number of carbonyl (C=O) groups is 1. The van der Waals surface area contributed by atoms with Crippen molar-refractivity contribution in [1.29, 1.82) is 0 Å². The standard InChI is InChI=1S/C21H25N3O2S/c1-4-17(15-10-12-16(26-3)13-11-15)22-20(25)14-27-21-23-18-8-6-7-9-19(18)24(21)5-2/h6-13,17H,4-5,14H2,1-3H3,(H,22,25). The van der Waals surface area contributed by atoms with Gasteiger partial charge in [-0.3, -0.25) is 4.79 Å². The summed E-state index contributed by atoms with van der Waals surface area (Å²) in [4.78, 5) is 17.2. The lowest BCUT2D eigenvalue weighted by atomic mass is 10.0. The van der Waals surface area contributed by atoms with Crippen LogP contribution in [0.3, 0.4) is 0 Å². The molecule has 3 rings (SSSR count). The fourth-order valence-electron chi connectivity index (χ4n) is 3.09. The van der Waals surface area contributed by atoms with E-state index in [1.807, 2.05) is 42.5 Å². The topological polar surface area (TPSA) is 56.2 Å². The summed E-state index contributed by atoms with van der Waals surface area (Å²) in [6, 6.07) is 15.9. The number of imidazole rings is 1. The number of carbonyl (C=O) groups excluding carboxylic acids is 1. The summed E-state index contributed by atoms with van der Waals surface area (Å²) in [5.41, 5.74) is 3.15. The van der Waals surface area contributed by atoms with E-state index in [9.17, 15) is 4.79 Å². The van der Waals surface area contributed by atoms with Gasteiger partial charge in [-0.1, -0.05) is 43.0 Å². The van der Waals surface area contributed by atoms with Crippen LogP contribution in [0.4, 0.5) is 0 Å². The summed E-state index contributed by atoms with van der Waals surface area (Å²) in [5.74, 6) is 1.17. The Bertz CT molecular complexity index is 905. The Labute approximate surface area is 164 Å². The zero-order valence-corrected chi connectivity index (χ0v) is 16.8. The molecule has 2 aromatic carbocycles. The van der Waals surface area contributed by atoms with Crippen LogP contribution in [0.1, 0.15) is 31.9 Å². The Hall–Kier alpha value is -2.47. The van der Waals surface area contributed by atoms with E-state index in [0.29, 0.717) is 5.75 Å². The molecule has 0 bridgehead atoms. The second-order valence-electron chi connectivity index (χ2n) is 6.22. The zero-order chi connectivity index (χ0) is 19.2. The Morgan fingerprint density at radius 2 is 1.93 bits per heavy atom. The minimum atomic E-state index is -0.00556. The first-order valence-corrected chi connectivity index (χ1v) is 10.2. The first kappa shape index (κ1) is 19.3. The predicted molar refractivity (Wildman–Crippen MR) is 110 cm³/mol. The largest absolute Gasteiger partial charge is 0.497 e. The molecule has 1 aromatic heterocycles. The number of thioether (sulfide) groups is 1. The summed E-state index contributed by atoms with van der Waals surface area (Å²) >= 11 is 1.48. The van der Waals surface area contributed by atoms with Crippen LogP contribution < -0.4 is 10.1 Å². The number of aromatic nitrogens is 2. The highest BCUT2D eigenvalue weighted by molar-refractivity contribution is 7.99. The second-order valence-corrected chi connectivity index (χ2v) is 7.16. The van der Waals surface area contributed by atoms with Gasteiger partial charge in [-0.25, -0.2) is 4.98 Å². The van der Waals surface area contributed by atoms with Crippen LogP contribution in [0.25, 0.3) is 11.0 Å². The third-order valence-corrected chi connectivity index (χ3v) is 5.51. The Kier molecular flexibility index (Phi) is 6.40. The van der Waals surface area contributed by atoms with Gasteiger partial charge in [0.05, 0.1) is 29.9 Å². The van der Waals surface area contributed by atoms with Gasteiger partial charge in [-0.15, -0.1) is 0 Å². The molecule has 1 unspecified atom stereocenters. The lowest BCUT2D eigenvalue weighted by Gasteiger charge is -2.17. The van der Waals surface area contributed by atoms with E-state index >= 15 is 0 Å². The molecule has 0 saturated heterocycles. The van der Waals surface area contributed by atoms with E-state index in [0.717, 1.165) is 40.5 Å². The molecule has 0 aliphatic carbocycles. The molecular weight excluding hydrogens is 358 g/mol. The lowest BCUT2D eigenvalue weighted by Crippen LogP contribution is -2.29. The van der Waals surface area contributed by atoms with Gasteiger partial charge in [0.2, 0.25) is 5.91 Å². The number of hydrogen-bond acceptors (Lipinski definition) is 4. The van der Waals surface area contributed by atoms with Crippen LogP contribution in [-0.4, -0.2) is 28.3 Å². The van der Waals surface area contributed by atoms with Crippen molar-refractivity contribution in [3.63, 3.8) is 0 Å². The minimum absolute atomic E-state index is 0.00556. The Morgan fingerprint density at radius 3 is 2.59 bits per heavy atom. The van der Waals surface area contributed by atoms with Crippen LogP contribution >= 0.6 is 11.8 Å². The Morgan fingerprint density at radius 1 is 1.19 bits per heavy atom. The number of amides is 1. The number of aryl methyl sites for hydroxylation is 1. The number of para-hydroxylation sites is 2. The summed E-state index contributed by atoms with van der Waals surface area (Å²) < 4.78 is 7.34. The molecule has 0 fully saturated rings. The second kappa shape index (κ2) is 8.95. The molecule has 1 N–H and O–H groups in total. The molecule has 6 heteroatoms. The van der Waals surface area contributed by atoms with Crippen molar-refractivity contribution in [3.8, 4) is 5.75 Å². The van der Waals surface area contributed by atoms with Gasteiger partial charge in [0, 0.05) is 6.54 Å². The highest BCUT2D eigenvalue weighted by Gasteiger charge is 2.15.